The van der Waals surface area contributed by atoms with Crippen molar-refractivity contribution in [1.82, 2.24) is 4.31 Å². The molecule has 0 bridgehead atoms. The van der Waals surface area contributed by atoms with Crippen LogP contribution in [-0.4, -0.2) is 32.7 Å². The maximum absolute atomic E-state index is 12.0. The first-order chi connectivity index (χ1) is 11.3. The lowest BCUT2D eigenvalue weighted by atomic mass is 10.2. The lowest BCUT2D eigenvalue weighted by molar-refractivity contribution is -0.111. The Balaban J connectivity index is 2.06. The summed E-state index contributed by atoms with van der Waals surface area (Å²) in [6.45, 7) is 0. The zero-order chi connectivity index (χ0) is 17.7. The van der Waals surface area contributed by atoms with Gasteiger partial charge in [-0.25, -0.2) is 12.7 Å². The monoisotopic (exact) mass is 364 g/mol. The van der Waals surface area contributed by atoms with Crippen LogP contribution in [0.3, 0.4) is 0 Å². The van der Waals surface area contributed by atoms with Gasteiger partial charge in [-0.05, 0) is 42.0 Å². The number of amides is 1. The van der Waals surface area contributed by atoms with Crippen LogP contribution < -0.4 is 5.32 Å². The molecule has 0 spiro atoms. The van der Waals surface area contributed by atoms with Crippen LogP contribution in [0.25, 0.3) is 6.08 Å². The number of hydrogen-bond donors (Lipinski definition) is 1. The minimum Gasteiger partial charge on any atom is -0.323 e. The topological polar surface area (TPSA) is 66.5 Å². The third kappa shape index (κ3) is 4.44. The van der Waals surface area contributed by atoms with Gasteiger partial charge in [-0.1, -0.05) is 29.8 Å². The minimum atomic E-state index is -3.48. The van der Waals surface area contributed by atoms with E-state index in [1.54, 1.807) is 18.2 Å². The summed E-state index contributed by atoms with van der Waals surface area (Å²) in [6.07, 6.45) is 2.98. The molecule has 0 unspecified atom stereocenters. The first-order valence-corrected chi connectivity index (χ1v) is 8.88. The fraction of sp³-hybridized carbons (Fsp3) is 0.118. The molecule has 1 amide bonds. The molecule has 0 heterocycles. The number of halogens is 1. The lowest BCUT2D eigenvalue weighted by Gasteiger charge is -2.11. The van der Waals surface area contributed by atoms with Crippen molar-refractivity contribution in [3.63, 3.8) is 0 Å². The van der Waals surface area contributed by atoms with Gasteiger partial charge in [-0.3, -0.25) is 4.79 Å². The average Bonchev–Trinajstić information content (AvgIpc) is 2.54. The summed E-state index contributed by atoms with van der Waals surface area (Å²) in [7, 11) is -0.556. The predicted octanol–water partition coefficient (Wildman–Crippen LogP) is 3.24. The van der Waals surface area contributed by atoms with Crippen molar-refractivity contribution in [3.8, 4) is 0 Å². The van der Waals surface area contributed by atoms with Crippen LogP contribution >= 0.6 is 11.6 Å². The Morgan fingerprint density at radius 3 is 2.29 bits per heavy atom. The maximum atomic E-state index is 12.0. The van der Waals surface area contributed by atoms with Crippen LogP contribution in [0.4, 0.5) is 5.69 Å². The zero-order valence-corrected chi connectivity index (χ0v) is 14.8. The quantitative estimate of drug-likeness (QED) is 0.828. The molecule has 1 N–H and O–H groups in total. The second-order valence-electron chi connectivity index (χ2n) is 5.16. The highest BCUT2D eigenvalue weighted by Crippen LogP contribution is 2.18. The molecule has 0 saturated heterocycles. The van der Waals surface area contributed by atoms with Gasteiger partial charge in [-0.2, -0.15) is 0 Å². The van der Waals surface area contributed by atoms with Crippen LogP contribution in [0.1, 0.15) is 5.56 Å². The Morgan fingerprint density at radius 1 is 1.08 bits per heavy atom. The zero-order valence-electron chi connectivity index (χ0n) is 13.2. The van der Waals surface area contributed by atoms with Crippen LogP contribution in [0.5, 0.6) is 0 Å². The SMILES string of the molecule is CN(C)S(=O)(=O)c1ccc(NC(=O)/C=C/c2ccccc2Cl)cc1. The first-order valence-electron chi connectivity index (χ1n) is 7.07. The van der Waals surface area contributed by atoms with Crippen molar-refractivity contribution in [3.05, 3.63) is 65.2 Å². The van der Waals surface area contributed by atoms with E-state index in [1.165, 1.54) is 44.4 Å². The Kier molecular flexibility index (Phi) is 5.77. The van der Waals surface area contributed by atoms with E-state index in [2.05, 4.69) is 5.32 Å². The molecule has 2 aromatic carbocycles. The molecule has 7 heteroatoms. The molecular weight excluding hydrogens is 348 g/mol. The number of carbonyl (C=O) groups is 1. The Bertz CT molecular complexity index is 860. The van der Waals surface area contributed by atoms with E-state index in [4.69, 9.17) is 11.6 Å². The summed E-state index contributed by atoms with van der Waals surface area (Å²) in [4.78, 5) is 12.1. The maximum Gasteiger partial charge on any atom is 0.248 e. The number of rotatable bonds is 5. The summed E-state index contributed by atoms with van der Waals surface area (Å²) >= 11 is 6.01. The highest BCUT2D eigenvalue weighted by Gasteiger charge is 2.16. The van der Waals surface area contributed by atoms with Crippen molar-refractivity contribution in [1.29, 1.82) is 0 Å². The molecule has 0 aliphatic heterocycles. The van der Waals surface area contributed by atoms with Gasteiger partial charge in [0, 0.05) is 30.9 Å². The number of sulfonamides is 1. The molecule has 2 rings (SSSR count). The fourth-order valence-corrected chi connectivity index (χ4v) is 2.98. The summed E-state index contributed by atoms with van der Waals surface area (Å²) in [5, 5.41) is 3.22. The van der Waals surface area contributed by atoms with Crippen molar-refractivity contribution in [2.24, 2.45) is 0 Å². The van der Waals surface area contributed by atoms with E-state index in [0.29, 0.717) is 10.7 Å². The van der Waals surface area contributed by atoms with Crippen LogP contribution in [0, 0.1) is 0 Å². The lowest BCUT2D eigenvalue weighted by Crippen LogP contribution is -2.22. The normalized spacial score (nSPS) is 11.8. The van der Waals surface area contributed by atoms with Crippen molar-refractivity contribution in [2.75, 3.05) is 19.4 Å². The van der Waals surface area contributed by atoms with E-state index < -0.39 is 10.0 Å². The Hall–Kier alpha value is -2.15. The Morgan fingerprint density at radius 2 is 1.71 bits per heavy atom. The molecule has 0 aliphatic rings. The third-order valence-corrected chi connectivity index (χ3v) is 5.39. The van der Waals surface area contributed by atoms with E-state index in [-0.39, 0.29) is 10.8 Å². The van der Waals surface area contributed by atoms with Crippen LogP contribution in [0.15, 0.2) is 59.5 Å². The van der Waals surface area contributed by atoms with Crippen molar-refractivity contribution in [2.45, 2.75) is 4.90 Å². The second kappa shape index (κ2) is 7.61. The van der Waals surface area contributed by atoms with Gasteiger partial charge in [0.2, 0.25) is 15.9 Å². The van der Waals surface area contributed by atoms with Gasteiger partial charge in [0.05, 0.1) is 4.90 Å². The summed E-state index contributed by atoms with van der Waals surface area (Å²) in [6, 6.07) is 13.1. The second-order valence-corrected chi connectivity index (χ2v) is 7.71. The molecule has 0 radical (unpaired) electrons. The van der Waals surface area contributed by atoms with E-state index in [0.717, 1.165) is 9.87 Å². The molecule has 2 aromatic rings. The van der Waals surface area contributed by atoms with Gasteiger partial charge in [-0.15, -0.1) is 0 Å². The number of nitrogens with one attached hydrogen (secondary N) is 1. The molecule has 126 valence electrons. The third-order valence-electron chi connectivity index (χ3n) is 3.22. The van der Waals surface area contributed by atoms with Gasteiger partial charge < -0.3 is 5.32 Å². The minimum absolute atomic E-state index is 0.164. The van der Waals surface area contributed by atoms with Crippen LogP contribution in [-0.2, 0) is 14.8 Å². The standard InChI is InChI=1S/C17H17ClN2O3S/c1-20(2)24(22,23)15-10-8-14(9-11-15)19-17(21)12-7-13-5-3-4-6-16(13)18/h3-12H,1-2H3,(H,19,21)/b12-7+. The molecule has 5 nitrogen and oxygen atoms in total. The first kappa shape index (κ1) is 18.2. The Labute approximate surface area is 146 Å². The largest absolute Gasteiger partial charge is 0.323 e. The highest BCUT2D eigenvalue weighted by atomic mass is 35.5. The van der Waals surface area contributed by atoms with Gasteiger partial charge >= 0.3 is 0 Å². The summed E-state index contributed by atoms with van der Waals surface area (Å²) < 4.78 is 25.1. The molecule has 0 fully saturated rings. The summed E-state index contributed by atoms with van der Waals surface area (Å²) in [5.74, 6) is -0.335. The van der Waals surface area contributed by atoms with E-state index >= 15 is 0 Å². The van der Waals surface area contributed by atoms with Gasteiger partial charge in [0.15, 0.2) is 0 Å². The number of benzene rings is 2. The molecule has 0 saturated carbocycles. The smallest absolute Gasteiger partial charge is 0.248 e. The van der Waals surface area contributed by atoms with Crippen molar-refractivity contribution >= 4 is 39.3 Å². The van der Waals surface area contributed by atoms with E-state index in [1.807, 2.05) is 12.1 Å². The summed E-state index contributed by atoms with van der Waals surface area (Å²) in [5.41, 5.74) is 1.24. The number of hydrogen-bond acceptors (Lipinski definition) is 3. The number of anilines is 1. The van der Waals surface area contributed by atoms with Crippen molar-refractivity contribution < 1.29 is 13.2 Å². The molecular formula is C17H17ClN2O3S. The van der Waals surface area contributed by atoms with Gasteiger partial charge in [0.1, 0.15) is 0 Å². The number of carbonyl (C=O) groups excluding carboxylic acids is 1. The fourth-order valence-electron chi connectivity index (χ4n) is 1.88. The molecule has 0 aromatic heterocycles. The molecule has 0 atom stereocenters. The van der Waals surface area contributed by atoms with Crippen LogP contribution in [0.2, 0.25) is 5.02 Å². The molecule has 0 aliphatic carbocycles. The number of nitrogens with zero attached hydrogens (tertiary/aromatic N) is 1. The average molecular weight is 365 g/mol. The van der Waals surface area contributed by atoms with Gasteiger partial charge in [0.25, 0.3) is 0 Å². The van der Waals surface area contributed by atoms with E-state index in [9.17, 15) is 13.2 Å². The predicted molar refractivity (Wildman–Crippen MR) is 96.4 cm³/mol. The highest BCUT2D eigenvalue weighted by molar-refractivity contribution is 7.89. The molecule has 24 heavy (non-hydrogen) atoms.